The van der Waals surface area contributed by atoms with Gasteiger partial charge in [-0.25, -0.2) is 0 Å². The third kappa shape index (κ3) is 7.61. The zero-order valence-corrected chi connectivity index (χ0v) is 13.4. The minimum absolute atomic E-state index is 0.502. The van der Waals surface area contributed by atoms with Crippen LogP contribution in [0.1, 0.15) is 65.7 Å². The molecule has 2 heteroatoms. The van der Waals surface area contributed by atoms with Crippen LogP contribution in [0.15, 0.2) is 12.3 Å². The molecule has 0 aromatic heterocycles. The van der Waals surface area contributed by atoms with Crippen LogP contribution < -0.4 is 5.32 Å². The molecule has 0 aliphatic carbocycles. The van der Waals surface area contributed by atoms with E-state index in [0.717, 1.165) is 12.5 Å². The Labute approximate surface area is 120 Å². The van der Waals surface area contributed by atoms with Crippen LogP contribution in [0, 0.1) is 5.92 Å². The van der Waals surface area contributed by atoms with Crippen LogP contribution in [0.25, 0.3) is 0 Å². The van der Waals surface area contributed by atoms with Crippen LogP contribution in [-0.4, -0.2) is 30.6 Å². The molecule has 0 radical (unpaired) electrons. The molecule has 19 heavy (non-hydrogen) atoms. The smallest absolute Gasteiger partial charge is 0.0375 e. The Morgan fingerprint density at radius 1 is 1.32 bits per heavy atom. The molecule has 1 unspecified atom stereocenters. The van der Waals surface area contributed by atoms with Crippen LogP contribution in [0.5, 0.6) is 0 Å². The van der Waals surface area contributed by atoms with Gasteiger partial charge in [-0.05, 0) is 45.6 Å². The van der Waals surface area contributed by atoms with E-state index in [0.29, 0.717) is 6.04 Å². The maximum absolute atomic E-state index is 4.15. The lowest BCUT2D eigenvalue weighted by atomic mass is 9.92. The lowest BCUT2D eigenvalue weighted by Crippen LogP contribution is -2.39. The maximum Gasteiger partial charge on any atom is 0.0375 e. The van der Waals surface area contributed by atoms with E-state index < -0.39 is 0 Å². The second kappa shape index (κ2) is 9.41. The van der Waals surface area contributed by atoms with Gasteiger partial charge in [-0.3, -0.25) is 4.90 Å². The first-order valence-electron chi connectivity index (χ1n) is 8.28. The standard InChI is InChI=1S/C17H34N2/c1-5-6-7-8-10-17-11-9-12-19(14-17)13-16(4)18-15(2)3/h15,17-18H,4-14H2,1-3H3. The summed E-state index contributed by atoms with van der Waals surface area (Å²) in [6.07, 6.45) is 9.84. The van der Waals surface area contributed by atoms with E-state index in [1.165, 1.54) is 63.7 Å². The van der Waals surface area contributed by atoms with Gasteiger partial charge in [0, 0.05) is 24.8 Å². The van der Waals surface area contributed by atoms with E-state index in [9.17, 15) is 0 Å². The maximum atomic E-state index is 4.15. The molecule has 0 aromatic carbocycles. The summed E-state index contributed by atoms with van der Waals surface area (Å²) in [4.78, 5) is 2.59. The number of likely N-dealkylation sites (tertiary alicyclic amines) is 1. The van der Waals surface area contributed by atoms with Gasteiger partial charge in [0.2, 0.25) is 0 Å². The summed E-state index contributed by atoms with van der Waals surface area (Å²) in [5, 5.41) is 3.43. The number of nitrogens with zero attached hydrogens (tertiary/aromatic N) is 1. The quantitative estimate of drug-likeness (QED) is 0.630. The summed E-state index contributed by atoms with van der Waals surface area (Å²) >= 11 is 0. The Hall–Kier alpha value is -0.500. The molecule has 1 saturated heterocycles. The second-order valence-electron chi connectivity index (χ2n) is 6.50. The molecule has 1 aliphatic heterocycles. The van der Waals surface area contributed by atoms with E-state index in [1.807, 2.05) is 0 Å². The van der Waals surface area contributed by atoms with Gasteiger partial charge >= 0.3 is 0 Å². The number of piperidine rings is 1. The highest BCUT2D eigenvalue weighted by molar-refractivity contribution is 4.96. The predicted octanol–water partition coefficient (Wildman–Crippen LogP) is 4.18. The molecule has 112 valence electrons. The Kier molecular flexibility index (Phi) is 8.20. The van der Waals surface area contributed by atoms with Crippen LogP contribution in [0.4, 0.5) is 0 Å². The lowest BCUT2D eigenvalue weighted by Gasteiger charge is -2.33. The Bertz CT molecular complexity index is 248. The number of rotatable bonds is 9. The zero-order chi connectivity index (χ0) is 14.1. The van der Waals surface area contributed by atoms with Crippen molar-refractivity contribution >= 4 is 0 Å². The molecular weight excluding hydrogens is 232 g/mol. The van der Waals surface area contributed by atoms with E-state index in [4.69, 9.17) is 0 Å². The topological polar surface area (TPSA) is 15.3 Å². The van der Waals surface area contributed by atoms with E-state index in [2.05, 4.69) is 37.6 Å². The van der Waals surface area contributed by atoms with Crippen molar-refractivity contribution < 1.29 is 0 Å². The first-order chi connectivity index (χ1) is 9.11. The molecule has 2 nitrogen and oxygen atoms in total. The highest BCUT2D eigenvalue weighted by atomic mass is 15.1. The third-order valence-corrected chi connectivity index (χ3v) is 3.98. The molecular formula is C17H34N2. The van der Waals surface area contributed by atoms with Gasteiger partial charge in [0.05, 0.1) is 0 Å². The number of unbranched alkanes of at least 4 members (excludes halogenated alkanes) is 3. The fourth-order valence-electron chi connectivity index (χ4n) is 3.11. The average Bonchev–Trinajstić information content (AvgIpc) is 2.34. The van der Waals surface area contributed by atoms with Gasteiger partial charge in [-0.1, -0.05) is 39.2 Å². The van der Waals surface area contributed by atoms with Gasteiger partial charge in [0.1, 0.15) is 0 Å². The molecule has 1 aliphatic rings. The average molecular weight is 266 g/mol. The molecule has 1 rings (SSSR count). The number of hydrogen-bond donors (Lipinski definition) is 1. The first-order valence-corrected chi connectivity index (χ1v) is 8.28. The lowest BCUT2D eigenvalue weighted by molar-refractivity contribution is 0.176. The van der Waals surface area contributed by atoms with E-state index in [-0.39, 0.29) is 0 Å². The van der Waals surface area contributed by atoms with Crippen molar-refractivity contribution in [2.45, 2.75) is 71.8 Å². The molecule has 1 heterocycles. The van der Waals surface area contributed by atoms with Gasteiger partial charge in [-0.15, -0.1) is 0 Å². The summed E-state index contributed by atoms with van der Waals surface area (Å²) in [7, 11) is 0. The van der Waals surface area contributed by atoms with Gasteiger partial charge < -0.3 is 5.32 Å². The molecule has 1 fully saturated rings. The summed E-state index contributed by atoms with van der Waals surface area (Å²) < 4.78 is 0. The molecule has 1 atom stereocenters. The van der Waals surface area contributed by atoms with Gasteiger partial charge in [0.15, 0.2) is 0 Å². The van der Waals surface area contributed by atoms with Crippen molar-refractivity contribution in [1.29, 1.82) is 0 Å². The summed E-state index contributed by atoms with van der Waals surface area (Å²) in [5.74, 6) is 0.928. The van der Waals surface area contributed by atoms with Gasteiger partial charge in [0.25, 0.3) is 0 Å². The predicted molar refractivity (Wildman–Crippen MR) is 85.3 cm³/mol. The SMILES string of the molecule is C=C(CN1CCCC(CCCCCC)C1)NC(C)C. The Morgan fingerprint density at radius 3 is 2.79 bits per heavy atom. The molecule has 0 spiro atoms. The molecule has 0 amide bonds. The summed E-state index contributed by atoms with van der Waals surface area (Å²) in [6.45, 7) is 14.4. The van der Waals surface area contributed by atoms with Crippen molar-refractivity contribution in [2.24, 2.45) is 5.92 Å². The van der Waals surface area contributed by atoms with Crippen molar-refractivity contribution in [3.8, 4) is 0 Å². The summed E-state index contributed by atoms with van der Waals surface area (Å²) in [6, 6.07) is 0.502. The van der Waals surface area contributed by atoms with Crippen LogP contribution in [0.3, 0.4) is 0 Å². The van der Waals surface area contributed by atoms with E-state index in [1.54, 1.807) is 0 Å². The minimum Gasteiger partial charge on any atom is -0.386 e. The van der Waals surface area contributed by atoms with Crippen LogP contribution in [0.2, 0.25) is 0 Å². The molecule has 0 saturated carbocycles. The molecule has 1 N–H and O–H groups in total. The van der Waals surface area contributed by atoms with Crippen molar-refractivity contribution in [3.63, 3.8) is 0 Å². The molecule has 0 aromatic rings. The van der Waals surface area contributed by atoms with Crippen molar-refractivity contribution in [2.75, 3.05) is 19.6 Å². The zero-order valence-electron chi connectivity index (χ0n) is 13.4. The summed E-state index contributed by atoms with van der Waals surface area (Å²) in [5.41, 5.74) is 1.18. The largest absolute Gasteiger partial charge is 0.386 e. The highest BCUT2D eigenvalue weighted by Crippen LogP contribution is 2.22. The minimum atomic E-state index is 0.502. The number of nitrogens with one attached hydrogen (secondary N) is 1. The fraction of sp³-hybridized carbons (Fsp3) is 0.882. The third-order valence-electron chi connectivity index (χ3n) is 3.98. The van der Waals surface area contributed by atoms with E-state index >= 15 is 0 Å². The Balaban J connectivity index is 2.20. The van der Waals surface area contributed by atoms with Crippen molar-refractivity contribution in [3.05, 3.63) is 12.3 Å². The van der Waals surface area contributed by atoms with Crippen LogP contribution >= 0.6 is 0 Å². The Morgan fingerprint density at radius 2 is 2.11 bits per heavy atom. The monoisotopic (exact) mass is 266 g/mol. The van der Waals surface area contributed by atoms with Crippen LogP contribution in [-0.2, 0) is 0 Å². The molecule has 0 bridgehead atoms. The van der Waals surface area contributed by atoms with Crippen molar-refractivity contribution in [1.82, 2.24) is 10.2 Å². The number of hydrogen-bond acceptors (Lipinski definition) is 2. The normalized spacial score (nSPS) is 20.7. The fourth-order valence-corrected chi connectivity index (χ4v) is 3.11. The highest BCUT2D eigenvalue weighted by Gasteiger charge is 2.19. The van der Waals surface area contributed by atoms with Gasteiger partial charge in [-0.2, -0.15) is 0 Å². The first kappa shape index (κ1) is 16.6. The second-order valence-corrected chi connectivity index (χ2v) is 6.50.